The van der Waals surface area contributed by atoms with E-state index in [0.717, 1.165) is 26.2 Å². The van der Waals surface area contributed by atoms with Crippen LogP contribution < -0.4 is 5.32 Å². The second kappa shape index (κ2) is 8.74. The van der Waals surface area contributed by atoms with Gasteiger partial charge in [-0.3, -0.25) is 9.69 Å². The van der Waals surface area contributed by atoms with Gasteiger partial charge in [0.1, 0.15) is 0 Å². The first kappa shape index (κ1) is 16.8. The maximum atomic E-state index is 12.7. The van der Waals surface area contributed by atoms with Crippen LogP contribution in [0, 0.1) is 0 Å². The standard InChI is InChI=1S/C17H33N3O/c1-3-19(16-11-8-12-18-13-16)14-17(21)20(4-2)15-9-6-5-7-10-15/h15-16,18H,3-14H2,1-2H3. The van der Waals surface area contributed by atoms with Crippen LogP contribution in [0.15, 0.2) is 0 Å². The van der Waals surface area contributed by atoms with Gasteiger partial charge in [0.05, 0.1) is 6.54 Å². The van der Waals surface area contributed by atoms with Crippen LogP contribution in [0.4, 0.5) is 0 Å². The third-order valence-corrected chi connectivity index (χ3v) is 5.21. The molecule has 0 bridgehead atoms. The van der Waals surface area contributed by atoms with E-state index in [9.17, 15) is 4.79 Å². The second-order valence-electron chi connectivity index (χ2n) is 6.53. The highest BCUT2D eigenvalue weighted by Gasteiger charge is 2.27. The van der Waals surface area contributed by atoms with Gasteiger partial charge in [-0.2, -0.15) is 0 Å². The Morgan fingerprint density at radius 2 is 1.71 bits per heavy atom. The molecular formula is C17H33N3O. The molecule has 0 aromatic heterocycles. The zero-order valence-electron chi connectivity index (χ0n) is 13.9. The molecular weight excluding hydrogens is 262 g/mol. The Balaban J connectivity index is 1.89. The van der Waals surface area contributed by atoms with Crippen LogP contribution >= 0.6 is 0 Å². The smallest absolute Gasteiger partial charge is 0.236 e. The minimum atomic E-state index is 0.344. The normalized spacial score (nSPS) is 24.2. The maximum absolute atomic E-state index is 12.7. The molecule has 2 aliphatic rings. The second-order valence-corrected chi connectivity index (χ2v) is 6.53. The number of likely N-dealkylation sites (N-methyl/N-ethyl adjacent to an activating group) is 2. The molecule has 1 unspecified atom stereocenters. The van der Waals surface area contributed by atoms with E-state index in [0.29, 0.717) is 24.5 Å². The molecule has 2 fully saturated rings. The van der Waals surface area contributed by atoms with Gasteiger partial charge in [-0.15, -0.1) is 0 Å². The van der Waals surface area contributed by atoms with Gasteiger partial charge in [0.15, 0.2) is 0 Å². The summed E-state index contributed by atoms with van der Waals surface area (Å²) in [6.45, 7) is 8.92. The van der Waals surface area contributed by atoms with Gasteiger partial charge in [-0.25, -0.2) is 0 Å². The molecule has 1 atom stereocenters. The Morgan fingerprint density at radius 1 is 1.00 bits per heavy atom. The first-order valence-electron chi connectivity index (χ1n) is 9.00. The zero-order valence-corrected chi connectivity index (χ0v) is 13.9. The molecule has 1 aliphatic heterocycles. The van der Waals surface area contributed by atoms with E-state index in [-0.39, 0.29) is 0 Å². The van der Waals surface area contributed by atoms with E-state index >= 15 is 0 Å². The van der Waals surface area contributed by atoms with Crippen LogP contribution in [0.1, 0.15) is 58.8 Å². The molecule has 0 radical (unpaired) electrons. The molecule has 4 heteroatoms. The van der Waals surface area contributed by atoms with Crippen molar-refractivity contribution in [3.8, 4) is 0 Å². The summed E-state index contributed by atoms with van der Waals surface area (Å²) in [5.41, 5.74) is 0. The van der Waals surface area contributed by atoms with Crippen LogP contribution in [-0.4, -0.2) is 60.5 Å². The predicted molar refractivity (Wildman–Crippen MR) is 87.4 cm³/mol. The lowest BCUT2D eigenvalue weighted by atomic mass is 9.94. The summed E-state index contributed by atoms with van der Waals surface area (Å²) in [7, 11) is 0. The van der Waals surface area contributed by atoms with Gasteiger partial charge in [-0.1, -0.05) is 26.2 Å². The summed E-state index contributed by atoms with van der Waals surface area (Å²) in [6.07, 6.45) is 8.79. The molecule has 21 heavy (non-hydrogen) atoms. The summed E-state index contributed by atoms with van der Waals surface area (Å²) in [4.78, 5) is 17.3. The van der Waals surface area contributed by atoms with Crippen LogP contribution in [0.5, 0.6) is 0 Å². The van der Waals surface area contributed by atoms with Gasteiger partial charge in [0, 0.05) is 25.2 Å². The van der Waals surface area contributed by atoms with Crippen molar-refractivity contribution in [2.24, 2.45) is 0 Å². The third-order valence-electron chi connectivity index (χ3n) is 5.21. The monoisotopic (exact) mass is 295 g/mol. The molecule has 122 valence electrons. The first-order chi connectivity index (χ1) is 10.3. The van der Waals surface area contributed by atoms with Crippen molar-refractivity contribution in [1.82, 2.24) is 15.1 Å². The molecule has 1 saturated heterocycles. The fourth-order valence-electron chi connectivity index (χ4n) is 3.94. The number of nitrogens with one attached hydrogen (secondary N) is 1. The SMILES string of the molecule is CCN(CC(=O)N(CC)C1CCCCC1)C1CCCNC1. The van der Waals surface area contributed by atoms with Gasteiger partial charge in [0.2, 0.25) is 5.91 Å². The van der Waals surface area contributed by atoms with Crippen molar-refractivity contribution >= 4 is 5.91 Å². The number of amides is 1. The van der Waals surface area contributed by atoms with Crippen molar-refractivity contribution in [1.29, 1.82) is 0 Å². The van der Waals surface area contributed by atoms with Crippen LogP contribution in [0.25, 0.3) is 0 Å². The Bertz CT molecular complexity index is 309. The number of hydrogen-bond acceptors (Lipinski definition) is 3. The first-order valence-corrected chi connectivity index (χ1v) is 9.00. The van der Waals surface area contributed by atoms with E-state index in [4.69, 9.17) is 0 Å². The zero-order chi connectivity index (χ0) is 15.1. The number of nitrogens with zero attached hydrogens (tertiary/aromatic N) is 2. The Hall–Kier alpha value is -0.610. The maximum Gasteiger partial charge on any atom is 0.236 e. The van der Waals surface area contributed by atoms with Crippen molar-refractivity contribution in [2.75, 3.05) is 32.7 Å². The predicted octanol–water partition coefficient (Wildman–Crippen LogP) is 2.24. The highest BCUT2D eigenvalue weighted by Crippen LogP contribution is 2.23. The molecule has 1 aliphatic carbocycles. The summed E-state index contributed by atoms with van der Waals surface area (Å²) in [6, 6.07) is 1.04. The van der Waals surface area contributed by atoms with E-state index in [1.165, 1.54) is 44.9 Å². The van der Waals surface area contributed by atoms with Crippen molar-refractivity contribution in [3.63, 3.8) is 0 Å². The van der Waals surface area contributed by atoms with Gasteiger partial charge >= 0.3 is 0 Å². The third kappa shape index (κ3) is 4.68. The summed E-state index contributed by atoms with van der Waals surface area (Å²) < 4.78 is 0. The molecule has 1 saturated carbocycles. The lowest BCUT2D eigenvalue weighted by Gasteiger charge is -2.38. The van der Waals surface area contributed by atoms with Crippen LogP contribution in [0.3, 0.4) is 0 Å². The molecule has 0 aromatic rings. The Morgan fingerprint density at radius 3 is 2.29 bits per heavy atom. The van der Waals surface area contributed by atoms with Crippen LogP contribution in [-0.2, 0) is 4.79 Å². The number of piperidine rings is 1. The van der Waals surface area contributed by atoms with Gasteiger partial charge < -0.3 is 10.2 Å². The molecule has 4 nitrogen and oxygen atoms in total. The number of hydrogen-bond donors (Lipinski definition) is 1. The quantitative estimate of drug-likeness (QED) is 0.816. The highest BCUT2D eigenvalue weighted by atomic mass is 16.2. The van der Waals surface area contributed by atoms with Gasteiger partial charge in [-0.05, 0) is 45.7 Å². The average molecular weight is 295 g/mol. The van der Waals surface area contributed by atoms with Crippen LogP contribution in [0.2, 0.25) is 0 Å². The molecule has 1 N–H and O–H groups in total. The fourth-order valence-corrected chi connectivity index (χ4v) is 3.94. The summed E-state index contributed by atoms with van der Waals surface area (Å²) >= 11 is 0. The fraction of sp³-hybridized carbons (Fsp3) is 0.941. The van der Waals surface area contributed by atoms with Crippen molar-refractivity contribution in [3.05, 3.63) is 0 Å². The number of carbonyl (C=O) groups excluding carboxylic acids is 1. The largest absolute Gasteiger partial charge is 0.339 e. The minimum Gasteiger partial charge on any atom is -0.339 e. The minimum absolute atomic E-state index is 0.344. The van der Waals surface area contributed by atoms with Gasteiger partial charge in [0.25, 0.3) is 0 Å². The number of rotatable bonds is 6. The summed E-state index contributed by atoms with van der Waals surface area (Å²) in [5, 5.41) is 3.46. The van der Waals surface area contributed by atoms with E-state index < -0.39 is 0 Å². The lowest BCUT2D eigenvalue weighted by molar-refractivity contribution is -0.135. The van der Waals surface area contributed by atoms with E-state index in [1.54, 1.807) is 0 Å². The van der Waals surface area contributed by atoms with Crippen molar-refractivity contribution < 1.29 is 4.79 Å². The Kier molecular flexibility index (Phi) is 6.97. The molecule has 0 aromatic carbocycles. The van der Waals surface area contributed by atoms with E-state index in [1.807, 2.05) is 0 Å². The topological polar surface area (TPSA) is 35.6 Å². The lowest BCUT2D eigenvalue weighted by Crippen LogP contribution is -2.51. The Labute approximate surface area is 130 Å². The van der Waals surface area contributed by atoms with Crippen molar-refractivity contribution in [2.45, 2.75) is 70.9 Å². The molecule has 1 amide bonds. The van der Waals surface area contributed by atoms with E-state index in [2.05, 4.69) is 29.0 Å². The summed E-state index contributed by atoms with van der Waals surface area (Å²) in [5.74, 6) is 0.344. The number of carbonyl (C=O) groups is 1. The molecule has 1 heterocycles. The highest BCUT2D eigenvalue weighted by molar-refractivity contribution is 5.78. The molecule has 2 rings (SSSR count). The average Bonchev–Trinajstić information content (AvgIpc) is 2.55. The molecule has 0 spiro atoms.